The van der Waals surface area contributed by atoms with Gasteiger partial charge in [0.05, 0.1) is 12.8 Å². The topological polar surface area (TPSA) is 71.5 Å². The molecule has 0 N–H and O–H groups in total. The quantitative estimate of drug-likeness (QED) is 0.346. The molecule has 8 nitrogen and oxygen atoms in total. The Morgan fingerprint density at radius 3 is 2.17 bits per heavy atom. The Hall–Kier alpha value is -4.04. The molecule has 0 spiro atoms. The Labute approximate surface area is 211 Å². The maximum absolute atomic E-state index is 13.2. The molecule has 1 fully saturated rings. The number of carbonyl (C=O) groups is 2. The molecule has 1 saturated heterocycles. The summed E-state index contributed by atoms with van der Waals surface area (Å²) < 4.78 is 17.2. The van der Waals surface area contributed by atoms with Crippen molar-refractivity contribution < 1.29 is 23.8 Å². The van der Waals surface area contributed by atoms with Gasteiger partial charge in [0.15, 0.2) is 11.5 Å². The van der Waals surface area contributed by atoms with Gasteiger partial charge >= 0.3 is 6.03 Å². The van der Waals surface area contributed by atoms with E-state index in [0.29, 0.717) is 41.0 Å². The number of urea groups is 1. The van der Waals surface area contributed by atoms with Crippen molar-refractivity contribution in [2.75, 3.05) is 49.7 Å². The molecule has 8 heteroatoms. The van der Waals surface area contributed by atoms with Gasteiger partial charge in [0, 0.05) is 18.3 Å². The van der Waals surface area contributed by atoms with Gasteiger partial charge in [0.25, 0.3) is 5.91 Å². The van der Waals surface area contributed by atoms with Crippen molar-refractivity contribution in [1.29, 1.82) is 0 Å². The summed E-state index contributed by atoms with van der Waals surface area (Å²) in [4.78, 5) is 30.9. The van der Waals surface area contributed by atoms with E-state index in [4.69, 9.17) is 14.2 Å². The number of carbonyl (C=O) groups excluding carboxylic acids is 2. The number of para-hydroxylation sites is 1. The first kappa shape index (κ1) is 25.1. The van der Waals surface area contributed by atoms with Gasteiger partial charge in [-0.05, 0) is 61.6 Å². The van der Waals surface area contributed by atoms with Gasteiger partial charge < -0.3 is 19.1 Å². The molecule has 3 amide bonds. The van der Waals surface area contributed by atoms with E-state index in [1.807, 2.05) is 30.3 Å². The fourth-order valence-electron chi connectivity index (χ4n) is 4.01. The summed E-state index contributed by atoms with van der Waals surface area (Å²) in [5.74, 6) is 2.11. The van der Waals surface area contributed by atoms with Gasteiger partial charge in [-0.15, -0.1) is 0 Å². The van der Waals surface area contributed by atoms with Crippen molar-refractivity contribution in [2.24, 2.45) is 0 Å². The van der Waals surface area contributed by atoms with Crippen LogP contribution in [0.4, 0.5) is 16.2 Å². The Balaban J connectivity index is 1.45. The van der Waals surface area contributed by atoms with Gasteiger partial charge in [-0.3, -0.25) is 9.69 Å². The van der Waals surface area contributed by atoms with Gasteiger partial charge in [-0.25, -0.2) is 9.69 Å². The second kappa shape index (κ2) is 11.6. The van der Waals surface area contributed by atoms with Crippen molar-refractivity contribution >= 4 is 23.3 Å². The molecule has 0 unspecified atom stereocenters. The van der Waals surface area contributed by atoms with Crippen LogP contribution in [0.25, 0.3) is 0 Å². The zero-order valence-electron chi connectivity index (χ0n) is 20.8. The van der Waals surface area contributed by atoms with Crippen LogP contribution in [-0.2, 0) is 4.79 Å². The molecule has 188 valence electrons. The van der Waals surface area contributed by atoms with Crippen LogP contribution in [0.1, 0.15) is 13.8 Å². The van der Waals surface area contributed by atoms with Gasteiger partial charge in [0.1, 0.15) is 24.7 Å². The summed E-state index contributed by atoms with van der Waals surface area (Å²) in [5.41, 5.74) is 1.05. The van der Waals surface area contributed by atoms with E-state index < -0.39 is 6.03 Å². The number of rotatable bonds is 11. The molecule has 0 bridgehead atoms. The summed E-state index contributed by atoms with van der Waals surface area (Å²) in [6.07, 6.45) is 0. The number of ether oxygens (including phenoxy) is 3. The fourth-order valence-corrected chi connectivity index (χ4v) is 4.01. The first-order valence-electron chi connectivity index (χ1n) is 12.0. The normalized spacial score (nSPS) is 13.4. The van der Waals surface area contributed by atoms with Gasteiger partial charge in [-0.1, -0.05) is 32.0 Å². The van der Waals surface area contributed by atoms with Crippen LogP contribution < -0.4 is 24.0 Å². The number of imide groups is 1. The predicted octanol–water partition coefficient (Wildman–Crippen LogP) is 5.18. The summed E-state index contributed by atoms with van der Waals surface area (Å²) >= 11 is 0. The lowest BCUT2D eigenvalue weighted by atomic mass is 10.2. The average Bonchev–Trinajstić information content (AvgIpc) is 3.21. The third-order valence-electron chi connectivity index (χ3n) is 6.06. The third kappa shape index (κ3) is 5.60. The number of likely N-dealkylation sites (N-methyl/N-ethyl adjacent to an activating group) is 1. The van der Waals surface area contributed by atoms with Crippen LogP contribution in [0.5, 0.6) is 23.0 Å². The van der Waals surface area contributed by atoms with E-state index in [9.17, 15) is 9.59 Å². The molecule has 0 aromatic heterocycles. The van der Waals surface area contributed by atoms with Crippen molar-refractivity contribution in [1.82, 2.24) is 4.90 Å². The maximum Gasteiger partial charge on any atom is 0.336 e. The highest BCUT2D eigenvalue weighted by Crippen LogP contribution is 2.34. The summed E-state index contributed by atoms with van der Waals surface area (Å²) in [6.45, 7) is 7.41. The predicted molar refractivity (Wildman–Crippen MR) is 139 cm³/mol. The van der Waals surface area contributed by atoms with Crippen LogP contribution in [-0.4, -0.2) is 56.7 Å². The van der Waals surface area contributed by atoms with E-state index in [1.54, 1.807) is 49.6 Å². The van der Waals surface area contributed by atoms with Crippen molar-refractivity contribution in [2.45, 2.75) is 13.8 Å². The van der Waals surface area contributed by atoms with Crippen LogP contribution in [0.15, 0.2) is 72.8 Å². The number of amides is 3. The number of hydrogen-bond donors (Lipinski definition) is 0. The number of nitrogens with zero attached hydrogens (tertiary/aromatic N) is 3. The second-order valence-corrected chi connectivity index (χ2v) is 8.22. The number of anilines is 2. The van der Waals surface area contributed by atoms with E-state index in [2.05, 4.69) is 18.7 Å². The molecule has 3 aromatic rings. The van der Waals surface area contributed by atoms with E-state index in [0.717, 1.165) is 19.6 Å². The van der Waals surface area contributed by atoms with Crippen molar-refractivity contribution in [3.63, 3.8) is 0 Å². The largest absolute Gasteiger partial charge is 0.493 e. The molecule has 0 saturated carbocycles. The maximum atomic E-state index is 13.2. The molecule has 0 radical (unpaired) electrons. The minimum absolute atomic E-state index is 0.0631. The first-order valence-corrected chi connectivity index (χ1v) is 12.0. The lowest BCUT2D eigenvalue weighted by molar-refractivity contribution is -0.115. The van der Waals surface area contributed by atoms with E-state index >= 15 is 0 Å². The molecule has 1 aliphatic rings. The standard InChI is InChI=1S/C28H31N3O5/c1-4-29(5-2)17-18-35-25-16-13-22(19-26(25)34-3)30-20-27(32)31(28(30)33)21-11-14-24(15-12-21)36-23-9-7-6-8-10-23/h6-16,19H,4-5,17-18,20H2,1-3H3. The van der Waals surface area contributed by atoms with Gasteiger partial charge in [-0.2, -0.15) is 0 Å². The van der Waals surface area contributed by atoms with Crippen LogP contribution in [0.3, 0.4) is 0 Å². The summed E-state index contributed by atoms with van der Waals surface area (Å²) in [5, 5.41) is 0. The highest BCUT2D eigenvalue weighted by molar-refractivity contribution is 6.27. The average molecular weight is 490 g/mol. The molecular formula is C28H31N3O5. The zero-order valence-corrected chi connectivity index (χ0v) is 20.8. The molecule has 36 heavy (non-hydrogen) atoms. The third-order valence-corrected chi connectivity index (χ3v) is 6.06. The Morgan fingerprint density at radius 2 is 1.50 bits per heavy atom. The monoisotopic (exact) mass is 489 g/mol. The highest BCUT2D eigenvalue weighted by atomic mass is 16.5. The Bertz CT molecular complexity index is 1180. The first-order chi connectivity index (χ1) is 17.5. The van der Waals surface area contributed by atoms with Crippen molar-refractivity contribution in [3.05, 3.63) is 72.8 Å². The molecule has 1 aliphatic heterocycles. The van der Waals surface area contributed by atoms with Crippen LogP contribution >= 0.6 is 0 Å². The second-order valence-electron chi connectivity index (χ2n) is 8.22. The minimum Gasteiger partial charge on any atom is -0.493 e. The van der Waals surface area contributed by atoms with Crippen LogP contribution in [0.2, 0.25) is 0 Å². The van der Waals surface area contributed by atoms with Gasteiger partial charge in [0.2, 0.25) is 0 Å². The minimum atomic E-state index is -0.422. The Morgan fingerprint density at radius 1 is 0.833 bits per heavy atom. The molecule has 0 atom stereocenters. The summed E-state index contributed by atoms with van der Waals surface area (Å²) in [6, 6.07) is 21.1. The molecular weight excluding hydrogens is 458 g/mol. The number of hydrogen-bond acceptors (Lipinski definition) is 6. The van der Waals surface area contributed by atoms with Crippen molar-refractivity contribution in [3.8, 4) is 23.0 Å². The fraction of sp³-hybridized carbons (Fsp3) is 0.286. The molecule has 1 heterocycles. The molecule has 4 rings (SSSR count). The lowest BCUT2D eigenvalue weighted by Crippen LogP contribution is -2.33. The van der Waals surface area contributed by atoms with E-state index in [1.165, 1.54) is 9.80 Å². The smallest absolute Gasteiger partial charge is 0.336 e. The Kier molecular flexibility index (Phi) is 8.07. The SMILES string of the molecule is CCN(CC)CCOc1ccc(N2CC(=O)N(c3ccc(Oc4ccccc4)cc3)C2=O)cc1OC. The van der Waals surface area contributed by atoms with E-state index in [-0.39, 0.29) is 12.5 Å². The zero-order chi connectivity index (χ0) is 25.5. The number of methoxy groups -OCH3 is 1. The van der Waals surface area contributed by atoms with Crippen LogP contribution in [0, 0.1) is 0 Å². The number of benzene rings is 3. The highest BCUT2D eigenvalue weighted by Gasteiger charge is 2.38. The molecule has 3 aromatic carbocycles. The lowest BCUT2D eigenvalue weighted by Gasteiger charge is -2.20. The molecule has 0 aliphatic carbocycles. The summed E-state index contributed by atoms with van der Waals surface area (Å²) in [7, 11) is 1.55.